The van der Waals surface area contributed by atoms with Crippen LogP contribution in [0.1, 0.15) is 47.3 Å². The van der Waals surface area contributed by atoms with Gasteiger partial charge < -0.3 is 9.73 Å². The van der Waals surface area contributed by atoms with Gasteiger partial charge in [0.05, 0.1) is 27.8 Å². The van der Waals surface area contributed by atoms with Crippen LogP contribution in [0.15, 0.2) is 76.1 Å². The van der Waals surface area contributed by atoms with Gasteiger partial charge in [-0.2, -0.15) is 5.10 Å². The second-order valence-electron chi connectivity index (χ2n) is 10.4. The number of sulfonamides is 1. The molecule has 2 heterocycles. The van der Waals surface area contributed by atoms with Crippen LogP contribution in [0, 0.1) is 6.92 Å². The summed E-state index contributed by atoms with van der Waals surface area (Å²) in [5.41, 5.74) is 4.17. The van der Waals surface area contributed by atoms with Gasteiger partial charge in [0, 0.05) is 41.5 Å². The third kappa shape index (κ3) is 4.86. The van der Waals surface area contributed by atoms with E-state index in [0.717, 1.165) is 27.6 Å². The van der Waals surface area contributed by atoms with Gasteiger partial charge in [-0.05, 0) is 68.7 Å². The van der Waals surface area contributed by atoms with Gasteiger partial charge in [0.2, 0.25) is 10.0 Å². The Labute approximate surface area is 230 Å². The smallest absolute Gasteiger partial charge is 0.266 e. The van der Waals surface area contributed by atoms with E-state index in [4.69, 9.17) is 4.42 Å². The highest BCUT2D eigenvalue weighted by Crippen LogP contribution is 2.32. The summed E-state index contributed by atoms with van der Waals surface area (Å²) < 4.78 is 35.1. The number of hydrogen-bond acceptors (Lipinski definition) is 7. The van der Waals surface area contributed by atoms with Gasteiger partial charge in [-0.1, -0.05) is 18.2 Å². The number of aromatic nitrogens is 2. The van der Waals surface area contributed by atoms with Crippen LogP contribution < -0.4 is 15.5 Å². The molecule has 0 aliphatic heterocycles. The maximum Gasteiger partial charge on any atom is 0.266 e. The molecule has 10 heteroatoms. The predicted octanol–water partition coefficient (Wildman–Crippen LogP) is 5.05. The van der Waals surface area contributed by atoms with Crippen molar-refractivity contribution in [1.29, 1.82) is 0 Å². The number of nitrogens with zero attached hydrogens (tertiary/aromatic N) is 2. The zero-order chi connectivity index (χ0) is 28.2. The molecule has 1 aliphatic carbocycles. The van der Waals surface area contributed by atoms with Crippen LogP contribution in [-0.4, -0.2) is 29.4 Å². The standard InChI is InChI=1S/C30H28N4O5S/c1-17-12-23(18(2)31-26-7-5-4-6-22(26)30(36)33-40(37,38)21-9-10-21)29-24(13-17)27(35)15-28(39-29)19-8-11-25-20(14-19)16-34(3)32-25/h4-8,11-16,18,21,31H,9-10H2,1-3H3,(H,33,36). The van der Waals surface area contributed by atoms with Crippen molar-refractivity contribution >= 4 is 43.5 Å². The molecule has 1 atom stereocenters. The molecule has 2 aromatic heterocycles. The number of carbonyl (C=O) groups excluding carboxylic acids is 1. The second-order valence-corrected chi connectivity index (χ2v) is 12.3. The molecule has 1 unspecified atom stereocenters. The van der Waals surface area contributed by atoms with E-state index in [0.29, 0.717) is 35.3 Å². The van der Waals surface area contributed by atoms with Crippen LogP contribution in [0.3, 0.4) is 0 Å². The average molecular weight is 557 g/mol. The minimum atomic E-state index is -3.70. The Morgan fingerprint density at radius 3 is 2.65 bits per heavy atom. The molecular weight excluding hydrogens is 528 g/mol. The van der Waals surface area contributed by atoms with Gasteiger partial charge in [0.25, 0.3) is 5.91 Å². The van der Waals surface area contributed by atoms with Crippen molar-refractivity contribution in [1.82, 2.24) is 14.5 Å². The molecule has 0 bridgehead atoms. The lowest BCUT2D eigenvalue weighted by atomic mass is 10.00. The summed E-state index contributed by atoms with van der Waals surface area (Å²) in [5, 5.41) is 8.62. The van der Waals surface area contributed by atoms with E-state index in [1.165, 1.54) is 6.07 Å². The fourth-order valence-corrected chi connectivity index (χ4v) is 6.26. The molecule has 0 saturated heterocycles. The molecule has 40 heavy (non-hydrogen) atoms. The van der Waals surface area contributed by atoms with E-state index < -0.39 is 27.2 Å². The number of aryl methyl sites for hydroxylation is 2. The summed E-state index contributed by atoms with van der Waals surface area (Å²) in [4.78, 5) is 26.2. The second kappa shape index (κ2) is 9.63. The molecule has 204 valence electrons. The first-order valence-corrected chi connectivity index (χ1v) is 14.6. The Balaban J connectivity index is 1.38. The van der Waals surface area contributed by atoms with Crippen molar-refractivity contribution in [2.75, 3.05) is 5.32 Å². The number of hydrogen-bond donors (Lipinski definition) is 2. The topological polar surface area (TPSA) is 123 Å². The molecule has 0 spiro atoms. The number of rotatable bonds is 7. The number of nitrogens with one attached hydrogen (secondary N) is 2. The predicted molar refractivity (Wildman–Crippen MR) is 155 cm³/mol. The maximum atomic E-state index is 13.3. The van der Waals surface area contributed by atoms with Gasteiger partial charge >= 0.3 is 0 Å². The molecule has 5 aromatic rings. The highest BCUT2D eigenvalue weighted by atomic mass is 32.2. The van der Waals surface area contributed by atoms with E-state index in [-0.39, 0.29) is 11.0 Å². The quantitative estimate of drug-likeness (QED) is 0.288. The first-order chi connectivity index (χ1) is 19.1. The van der Waals surface area contributed by atoms with Crippen LogP contribution in [-0.2, 0) is 17.1 Å². The molecule has 0 radical (unpaired) electrons. The molecular formula is C30H28N4O5S. The van der Waals surface area contributed by atoms with E-state index in [2.05, 4.69) is 15.1 Å². The first-order valence-electron chi connectivity index (χ1n) is 13.0. The van der Waals surface area contributed by atoms with Crippen LogP contribution in [0.4, 0.5) is 5.69 Å². The summed E-state index contributed by atoms with van der Waals surface area (Å²) in [6, 6.07) is 17.3. The van der Waals surface area contributed by atoms with Gasteiger partial charge in [-0.25, -0.2) is 13.1 Å². The largest absolute Gasteiger partial charge is 0.455 e. The third-order valence-corrected chi connectivity index (χ3v) is 8.93. The van der Waals surface area contributed by atoms with Gasteiger partial charge in [-0.3, -0.25) is 14.3 Å². The minimum Gasteiger partial charge on any atom is -0.455 e. The van der Waals surface area contributed by atoms with Crippen LogP contribution in [0.25, 0.3) is 33.2 Å². The van der Waals surface area contributed by atoms with Crippen LogP contribution in [0.2, 0.25) is 0 Å². The number of benzene rings is 3. The lowest BCUT2D eigenvalue weighted by Gasteiger charge is -2.20. The van der Waals surface area contributed by atoms with Crippen molar-refractivity contribution in [3.8, 4) is 11.3 Å². The molecule has 1 fully saturated rings. The van der Waals surface area contributed by atoms with E-state index >= 15 is 0 Å². The Morgan fingerprint density at radius 2 is 1.88 bits per heavy atom. The number of fused-ring (bicyclic) bond motifs is 2. The molecule has 1 aliphatic rings. The number of para-hydroxylation sites is 1. The minimum absolute atomic E-state index is 0.162. The van der Waals surface area contributed by atoms with Crippen molar-refractivity contribution in [3.05, 3.63) is 93.8 Å². The summed E-state index contributed by atoms with van der Waals surface area (Å²) in [6.45, 7) is 3.81. The van der Waals surface area contributed by atoms with E-state index in [9.17, 15) is 18.0 Å². The van der Waals surface area contributed by atoms with Crippen LogP contribution in [0.5, 0.6) is 0 Å². The number of anilines is 1. The molecule has 1 amide bonds. The van der Waals surface area contributed by atoms with Crippen molar-refractivity contribution in [3.63, 3.8) is 0 Å². The van der Waals surface area contributed by atoms with Crippen LogP contribution >= 0.6 is 0 Å². The Morgan fingerprint density at radius 1 is 1.10 bits per heavy atom. The Kier molecular flexibility index (Phi) is 6.22. The highest BCUT2D eigenvalue weighted by Gasteiger charge is 2.37. The van der Waals surface area contributed by atoms with E-state index in [1.54, 1.807) is 35.0 Å². The molecule has 6 rings (SSSR count). The normalized spacial score (nSPS) is 14.4. The van der Waals surface area contributed by atoms with Gasteiger partial charge in [-0.15, -0.1) is 0 Å². The van der Waals surface area contributed by atoms with Crippen molar-refractivity contribution in [2.24, 2.45) is 7.05 Å². The summed E-state index contributed by atoms with van der Waals surface area (Å²) in [5.74, 6) is -0.249. The fraction of sp³-hybridized carbons (Fsp3) is 0.233. The lowest BCUT2D eigenvalue weighted by molar-refractivity contribution is 0.0982. The Hall–Kier alpha value is -4.44. The lowest BCUT2D eigenvalue weighted by Crippen LogP contribution is -2.33. The summed E-state index contributed by atoms with van der Waals surface area (Å²) >= 11 is 0. The summed E-state index contributed by atoms with van der Waals surface area (Å²) in [7, 11) is -1.84. The highest BCUT2D eigenvalue weighted by molar-refractivity contribution is 7.91. The molecule has 1 saturated carbocycles. The zero-order valence-electron chi connectivity index (χ0n) is 22.3. The van der Waals surface area contributed by atoms with Gasteiger partial charge in [0.15, 0.2) is 5.43 Å². The SMILES string of the molecule is Cc1cc(C(C)Nc2ccccc2C(=O)NS(=O)(=O)C2CC2)c2oc(-c3ccc4nn(C)cc4c3)cc(=O)c2c1. The molecule has 9 nitrogen and oxygen atoms in total. The zero-order valence-corrected chi connectivity index (χ0v) is 23.1. The number of carbonyl (C=O) groups is 1. The maximum absolute atomic E-state index is 13.3. The molecule has 3 aromatic carbocycles. The Bertz CT molecular complexity index is 1970. The summed E-state index contributed by atoms with van der Waals surface area (Å²) in [6.07, 6.45) is 3.02. The van der Waals surface area contributed by atoms with Gasteiger partial charge in [0.1, 0.15) is 11.3 Å². The molecule has 2 N–H and O–H groups in total. The fourth-order valence-electron chi connectivity index (χ4n) is 4.96. The van der Waals surface area contributed by atoms with Crippen molar-refractivity contribution in [2.45, 2.75) is 38.0 Å². The van der Waals surface area contributed by atoms with Crippen molar-refractivity contribution < 1.29 is 17.6 Å². The van der Waals surface area contributed by atoms with E-state index in [1.807, 2.05) is 51.4 Å². The monoisotopic (exact) mass is 556 g/mol. The number of amides is 1. The first kappa shape index (κ1) is 25.8. The average Bonchev–Trinajstić information content (AvgIpc) is 3.70. The third-order valence-electron chi connectivity index (χ3n) is 7.11.